The molecule has 0 fully saturated rings. The van der Waals surface area contributed by atoms with Crippen LogP contribution in [0.3, 0.4) is 0 Å². The molecule has 0 heterocycles. The molecule has 3 aromatic rings. The lowest BCUT2D eigenvalue weighted by Crippen LogP contribution is -2.46. The summed E-state index contributed by atoms with van der Waals surface area (Å²) < 4.78 is 3.15. The molecule has 0 radical (unpaired) electrons. The first-order valence-electron chi connectivity index (χ1n) is 9.86. The quantitative estimate of drug-likeness (QED) is 0.402. The Labute approximate surface area is 186 Å². The molecule has 2 N–H and O–H groups in total. The van der Waals surface area contributed by atoms with E-state index < -0.39 is 6.10 Å². The van der Waals surface area contributed by atoms with E-state index >= 15 is 0 Å². The van der Waals surface area contributed by atoms with E-state index in [2.05, 4.69) is 94.0 Å². The fourth-order valence-electron chi connectivity index (χ4n) is 3.39. The summed E-state index contributed by atoms with van der Waals surface area (Å²) >= 11 is 5.10. The standard InChI is InChI=1S/C24H29BrN2OS/c1-24(2,15-18-8-9-19-6-4-5-7-20(19)14-18)26-16-22(28)17-27(3)29-23-12-10-21(25)11-13-23/h4-14,22,26,28H,15-17H2,1-3H3. The Hall–Kier alpha value is -1.37. The van der Waals surface area contributed by atoms with Crippen molar-refractivity contribution in [1.29, 1.82) is 0 Å². The second-order valence-electron chi connectivity index (χ2n) is 8.13. The fraction of sp³-hybridized carbons (Fsp3) is 0.333. The van der Waals surface area contributed by atoms with Gasteiger partial charge in [0.15, 0.2) is 0 Å². The van der Waals surface area contributed by atoms with E-state index in [4.69, 9.17) is 0 Å². The van der Waals surface area contributed by atoms with E-state index in [1.807, 2.05) is 19.2 Å². The number of likely N-dealkylation sites (N-methyl/N-ethyl adjacent to an activating group) is 1. The summed E-state index contributed by atoms with van der Waals surface area (Å²) in [6.07, 6.45) is 0.479. The number of halogens is 1. The molecule has 0 aliphatic rings. The van der Waals surface area contributed by atoms with Crippen molar-refractivity contribution in [2.75, 3.05) is 20.1 Å². The van der Waals surface area contributed by atoms with Gasteiger partial charge in [0.25, 0.3) is 0 Å². The van der Waals surface area contributed by atoms with E-state index in [0.717, 1.165) is 15.8 Å². The Bertz CT molecular complexity index is 930. The minimum Gasteiger partial charge on any atom is -0.390 e. The molecule has 5 heteroatoms. The van der Waals surface area contributed by atoms with Crippen molar-refractivity contribution in [2.45, 2.75) is 36.8 Å². The summed E-state index contributed by atoms with van der Waals surface area (Å²) in [6.45, 7) is 5.54. The topological polar surface area (TPSA) is 35.5 Å². The number of hydrogen-bond donors (Lipinski definition) is 2. The normalized spacial score (nSPS) is 13.2. The van der Waals surface area contributed by atoms with Gasteiger partial charge in [0.05, 0.1) is 6.10 Å². The summed E-state index contributed by atoms with van der Waals surface area (Å²) in [7, 11) is 2.01. The molecule has 3 rings (SSSR count). The Kier molecular flexibility index (Phi) is 7.77. The number of benzene rings is 3. The van der Waals surface area contributed by atoms with E-state index in [-0.39, 0.29) is 5.54 Å². The van der Waals surface area contributed by atoms with Gasteiger partial charge in [-0.25, -0.2) is 4.31 Å². The molecule has 3 aromatic carbocycles. The molecule has 154 valence electrons. The van der Waals surface area contributed by atoms with Crippen LogP contribution < -0.4 is 5.32 Å². The highest BCUT2D eigenvalue weighted by Gasteiger charge is 2.20. The van der Waals surface area contributed by atoms with Crippen molar-refractivity contribution in [1.82, 2.24) is 9.62 Å². The summed E-state index contributed by atoms with van der Waals surface area (Å²) in [5, 5.41) is 16.6. The molecule has 1 unspecified atom stereocenters. The predicted octanol–water partition coefficient (Wildman–Crippen LogP) is 5.51. The van der Waals surface area contributed by atoms with Crippen LogP contribution in [-0.4, -0.2) is 41.2 Å². The van der Waals surface area contributed by atoms with Crippen LogP contribution in [0.25, 0.3) is 10.8 Å². The van der Waals surface area contributed by atoms with Crippen molar-refractivity contribution in [3.8, 4) is 0 Å². The maximum atomic E-state index is 10.5. The Morgan fingerprint density at radius 2 is 1.72 bits per heavy atom. The third-order valence-electron chi connectivity index (χ3n) is 4.82. The van der Waals surface area contributed by atoms with Gasteiger partial charge in [-0.3, -0.25) is 0 Å². The fourth-order valence-corrected chi connectivity index (χ4v) is 4.52. The van der Waals surface area contributed by atoms with Crippen molar-refractivity contribution >= 4 is 38.7 Å². The molecule has 0 saturated heterocycles. The average Bonchev–Trinajstić information content (AvgIpc) is 2.68. The van der Waals surface area contributed by atoms with Gasteiger partial charge in [-0.15, -0.1) is 0 Å². The number of nitrogens with one attached hydrogen (secondary N) is 1. The minimum absolute atomic E-state index is 0.0964. The smallest absolute Gasteiger partial charge is 0.0800 e. The molecular formula is C24H29BrN2OS. The molecular weight excluding hydrogens is 444 g/mol. The number of fused-ring (bicyclic) bond motifs is 1. The molecule has 0 bridgehead atoms. The molecule has 0 amide bonds. The SMILES string of the molecule is CN(CC(O)CNC(C)(C)Cc1ccc2ccccc2c1)Sc1ccc(Br)cc1. The Morgan fingerprint density at radius 1 is 1.03 bits per heavy atom. The highest BCUT2D eigenvalue weighted by atomic mass is 79.9. The van der Waals surface area contributed by atoms with Crippen LogP contribution in [0.5, 0.6) is 0 Å². The average molecular weight is 473 g/mol. The summed E-state index contributed by atoms with van der Waals surface area (Å²) in [4.78, 5) is 1.16. The lowest BCUT2D eigenvalue weighted by atomic mass is 9.93. The summed E-state index contributed by atoms with van der Waals surface area (Å²) in [6, 6.07) is 23.3. The first-order chi connectivity index (χ1) is 13.8. The highest BCUT2D eigenvalue weighted by Crippen LogP contribution is 2.23. The van der Waals surface area contributed by atoms with E-state index in [0.29, 0.717) is 13.1 Å². The Balaban J connectivity index is 1.48. The summed E-state index contributed by atoms with van der Waals surface area (Å²) in [5.41, 5.74) is 1.21. The van der Waals surface area contributed by atoms with Crippen molar-refractivity contribution in [3.05, 3.63) is 76.8 Å². The molecule has 0 aliphatic heterocycles. The second kappa shape index (κ2) is 10.1. The predicted molar refractivity (Wildman–Crippen MR) is 128 cm³/mol. The largest absolute Gasteiger partial charge is 0.390 e. The monoisotopic (exact) mass is 472 g/mol. The first kappa shape index (κ1) is 22.3. The lowest BCUT2D eigenvalue weighted by Gasteiger charge is -2.29. The number of nitrogens with zero attached hydrogens (tertiary/aromatic N) is 1. The number of β-amino-alcohol motifs (C(OH)–C–C–N with tert-alkyl or cyclic N) is 1. The molecule has 0 aromatic heterocycles. The van der Waals surface area contributed by atoms with Gasteiger partial charge in [-0.2, -0.15) is 0 Å². The summed E-state index contributed by atoms with van der Waals surface area (Å²) in [5.74, 6) is 0. The molecule has 1 atom stereocenters. The van der Waals surface area contributed by atoms with Crippen molar-refractivity contribution < 1.29 is 5.11 Å². The van der Waals surface area contributed by atoms with Crippen LogP contribution >= 0.6 is 27.9 Å². The first-order valence-corrected chi connectivity index (χ1v) is 11.4. The molecule has 0 spiro atoms. The molecule has 0 saturated carbocycles. The number of aliphatic hydroxyl groups excluding tert-OH is 1. The number of rotatable bonds is 9. The second-order valence-corrected chi connectivity index (χ2v) is 10.3. The van der Waals surface area contributed by atoms with Crippen molar-refractivity contribution in [2.24, 2.45) is 0 Å². The van der Waals surface area contributed by atoms with Crippen molar-refractivity contribution in [3.63, 3.8) is 0 Å². The zero-order chi connectivity index (χ0) is 20.9. The maximum Gasteiger partial charge on any atom is 0.0800 e. The van der Waals surface area contributed by atoms with Gasteiger partial charge in [0.1, 0.15) is 0 Å². The van der Waals surface area contributed by atoms with Crippen LogP contribution in [0.2, 0.25) is 0 Å². The van der Waals surface area contributed by atoms with Crippen LogP contribution in [0, 0.1) is 0 Å². The van der Waals surface area contributed by atoms with E-state index in [1.165, 1.54) is 16.3 Å². The van der Waals surface area contributed by atoms with Gasteiger partial charge in [-0.1, -0.05) is 58.4 Å². The van der Waals surface area contributed by atoms with E-state index in [9.17, 15) is 5.11 Å². The number of aliphatic hydroxyl groups is 1. The molecule has 0 aliphatic carbocycles. The molecule has 29 heavy (non-hydrogen) atoms. The third-order valence-corrected chi connectivity index (χ3v) is 6.29. The minimum atomic E-state index is -0.432. The lowest BCUT2D eigenvalue weighted by molar-refractivity contribution is 0.142. The maximum absolute atomic E-state index is 10.5. The molecule has 3 nitrogen and oxygen atoms in total. The van der Waals surface area contributed by atoms with Gasteiger partial charge in [-0.05, 0) is 79.9 Å². The van der Waals surface area contributed by atoms with Gasteiger partial charge in [0, 0.05) is 28.0 Å². The zero-order valence-electron chi connectivity index (χ0n) is 17.2. The highest BCUT2D eigenvalue weighted by molar-refractivity contribution is 9.10. The van der Waals surface area contributed by atoms with E-state index in [1.54, 1.807) is 11.9 Å². The zero-order valence-corrected chi connectivity index (χ0v) is 19.6. The van der Waals surface area contributed by atoms with Crippen LogP contribution in [0.15, 0.2) is 76.1 Å². The van der Waals surface area contributed by atoms with Crippen LogP contribution in [0.4, 0.5) is 0 Å². The van der Waals surface area contributed by atoms with Crippen LogP contribution in [0.1, 0.15) is 19.4 Å². The van der Waals surface area contributed by atoms with Crippen LogP contribution in [-0.2, 0) is 6.42 Å². The van der Waals surface area contributed by atoms with Gasteiger partial charge < -0.3 is 10.4 Å². The van der Waals surface area contributed by atoms with Gasteiger partial charge in [0.2, 0.25) is 0 Å². The number of hydrogen-bond acceptors (Lipinski definition) is 4. The van der Waals surface area contributed by atoms with Gasteiger partial charge >= 0.3 is 0 Å². The Morgan fingerprint density at radius 3 is 2.45 bits per heavy atom. The third kappa shape index (κ3) is 7.12.